The molecule has 0 spiro atoms. The van der Waals surface area contributed by atoms with Crippen LogP contribution in [0.2, 0.25) is 0 Å². The fourth-order valence-corrected chi connectivity index (χ4v) is 2.11. The Labute approximate surface area is 119 Å². The topological polar surface area (TPSA) is 18.5 Å². The summed E-state index contributed by atoms with van der Waals surface area (Å²) in [5.74, 6) is 0.785. The zero-order valence-corrected chi connectivity index (χ0v) is 13.1. The van der Waals surface area contributed by atoms with Gasteiger partial charge in [0.05, 0.1) is 0 Å². The van der Waals surface area contributed by atoms with Gasteiger partial charge in [-0.15, -0.1) is 24.8 Å². The first-order chi connectivity index (χ1) is 7.22. The zero-order valence-electron chi connectivity index (χ0n) is 11.4. The van der Waals surface area contributed by atoms with E-state index in [4.69, 9.17) is 0 Å². The fourth-order valence-electron chi connectivity index (χ4n) is 2.11. The van der Waals surface area contributed by atoms with Crippen LogP contribution in [0.15, 0.2) is 0 Å². The Hall–Kier alpha value is 0.460. The van der Waals surface area contributed by atoms with E-state index in [0.29, 0.717) is 0 Å². The van der Waals surface area contributed by atoms with Gasteiger partial charge in [0.15, 0.2) is 0 Å². The van der Waals surface area contributed by atoms with Crippen molar-refractivity contribution in [1.82, 2.24) is 15.1 Å². The summed E-state index contributed by atoms with van der Waals surface area (Å²) in [5, 5.41) is 3.39. The van der Waals surface area contributed by atoms with Crippen LogP contribution in [0.1, 0.15) is 20.8 Å². The Morgan fingerprint density at radius 3 is 2.24 bits per heavy atom. The molecule has 0 unspecified atom stereocenters. The van der Waals surface area contributed by atoms with Crippen molar-refractivity contribution in [2.24, 2.45) is 5.92 Å². The van der Waals surface area contributed by atoms with Crippen molar-refractivity contribution in [1.29, 1.82) is 0 Å². The lowest BCUT2D eigenvalue weighted by molar-refractivity contribution is 0.183. The lowest BCUT2D eigenvalue weighted by Crippen LogP contribution is -2.46. The summed E-state index contributed by atoms with van der Waals surface area (Å²) in [6, 6.07) is 0. The first-order valence-corrected chi connectivity index (χ1v) is 6.37. The van der Waals surface area contributed by atoms with Crippen LogP contribution in [-0.4, -0.2) is 62.2 Å². The molecule has 106 valence electrons. The highest BCUT2D eigenvalue weighted by Gasteiger charge is 2.11. The van der Waals surface area contributed by atoms with E-state index in [2.05, 4.69) is 35.9 Å². The Bertz CT molecular complexity index is 162. The molecule has 3 nitrogen and oxygen atoms in total. The molecular weight excluding hydrogens is 257 g/mol. The summed E-state index contributed by atoms with van der Waals surface area (Å²) < 4.78 is 0. The van der Waals surface area contributed by atoms with Crippen LogP contribution in [0.3, 0.4) is 0 Å². The third-order valence-electron chi connectivity index (χ3n) is 3.01. The highest BCUT2D eigenvalue weighted by atomic mass is 35.5. The van der Waals surface area contributed by atoms with Crippen LogP contribution >= 0.6 is 24.8 Å². The Balaban J connectivity index is 0. The second-order valence-electron chi connectivity index (χ2n) is 4.88. The first kappa shape index (κ1) is 19.8. The van der Waals surface area contributed by atoms with Gasteiger partial charge in [-0.1, -0.05) is 20.8 Å². The molecule has 0 aromatic heterocycles. The number of nitrogens with one attached hydrogen (secondary N) is 1. The van der Waals surface area contributed by atoms with Crippen molar-refractivity contribution in [3.63, 3.8) is 0 Å². The van der Waals surface area contributed by atoms with E-state index in [1.54, 1.807) is 0 Å². The van der Waals surface area contributed by atoms with Crippen molar-refractivity contribution >= 4 is 24.8 Å². The van der Waals surface area contributed by atoms with Crippen LogP contribution in [0.25, 0.3) is 0 Å². The van der Waals surface area contributed by atoms with E-state index in [1.165, 1.54) is 39.3 Å². The van der Waals surface area contributed by atoms with Gasteiger partial charge < -0.3 is 10.2 Å². The van der Waals surface area contributed by atoms with Gasteiger partial charge in [0, 0.05) is 45.8 Å². The molecular formula is C12H29Cl2N3. The molecule has 17 heavy (non-hydrogen) atoms. The van der Waals surface area contributed by atoms with E-state index < -0.39 is 0 Å². The zero-order chi connectivity index (χ0) is 11.1. The summed E-state index contributed by atoms with van der Waals surface area (Å²) in [7, 11) is 0. The van der Waals surface area contributed by atoms with E-state index in [1.807, 2.05) is 0 Å². The number of halogens is 2. The first-order valence-electron chi connectivity index (χ1n) is 6.37. The van der Waals surface area contributed by atoms with Crippen molar-refractivity contribution < 1.29 is 0 Å². The standard InChI is InChI=1S/C12H27N3.2ClH/c1-4-14(11-12(2)3)9-10-15-7-5-13-6-8-15;;/h12-13H,4-11H2,1-3H3;2*1H. The predicted molar refractivity (Wildman–Crippen MR) is 80.8 cm³/mol. The minimum absolute atomic E-state index is 0. The Kier molecular flexibility index (Phi) is 13.4. The highest BCUT2D eigenvalue weighted by molar-refractivity contribution is 5.85. The molecule has 0 amide bonds. The largest absolute Gasteiger partial charge is 0.314 e. The number of likely N-dealkylation sites (N-methyl/N-ethyl adjacent to an activating group) is 1. The highest BCUT2D eigenvalue weighted by Crippen LogP contribution is 1.99. The SMILES string of the molecule is CCN(CCN1CCNCC1)CC(C)C.Cl.Cl. The predicted octanol–water partition coefficient (Wildman–Crippen LogP) is 1.71. The lowest BCUT2D eigenvalue weighted by Gasteiger charge is -2.30. The molecule has 1 saturated heterocycles. The maximum absolute atomic E-state index is 3.39. The number of piperazine rings is 1. The van der Waals surface area contributed by atoms with Crippen LogP contribution in [0, 0.1) is 5.92 Å². The third kappa shape index (κ3) is 9.09. The molecule has 0 aromatic rings. The molecule has 1 fully saturated rings. The summed E-state index contributed by atoms with van der Waals surface area (Å²) in [4.78, 5) is 5.13. The van der Waals surface area contributed by atoms with Gasteiger partial charge in [-0.3, -0.25) is 4.90 Å². The number of nitrogens with zero attached hydrogens (tertiary/aromatic N) is 2. The van der Waals surface area contributed by atoms with E-state index in [-0.39, 0.29) is 24.8 Å². The monoisotopic (exact) mass is 285 g/mol. The Morgan fingerprint density at radius 2 is 1.76 bits per heavy atom. The minimum Gasteiger partial charge on any atom is -0.314 e. The van der Waals surface area contributed by atoms with Crippen molar-refractivity contribution in [2.75, 3.05) is 52.4 Å². The van der Waals surface area contributed by atoms with Crippen LogP contribution in [0.4, 0.5) is 0 Å². The number of hydrogen-bond donors (Lipinski definition) is 1. The fraction of sp³-hybridized carbons (Fsp3) is 1.00. The van der Waals surface area contributed by atoms with Crippen LogP contribution in [0.5, 0.6) is 0 Å². The average molecular weight is 286 g/mol. The van der Waals surface area contributed by atoms with Gasteiger partial charge in [-0.05, 0) is 12.5 Å². The van der Waals surface area contributed by atoms with Gasteiger partial charge in [-0.2, -0.15) is 0 Å². The molecule has 0 atom stereocenters. The molecule has 0 bridgehead atoms. The van der Waals surface area contributed by atoms with Crippen molar-refractivity contribution in [3.8, 4) is 0 Å². The molecule has 1 aliphatic rings. The van der Waals surface area contributed by atoms with Crippen molar-refractivity contribution in [2.45, 2.75) is 20.8 Å². The molecule has 5 heteroatoms. The smallest absolute Gasteiger partial charge is 0.0110 e. The molecule has 0 aromatic carbocycles. The number of rotatable bonds is 6. The minimum atomic E-state index is 0. The summed E-state index contributed by atoms with van der Waals surface area (Å²) in [6.45, 7) is 16.5. The third-order valence-corrected chi connectivity index (χ3v) is 3.01. The van der Waals surface area contributed by atoms with E-state index in [0.717, 1.165) is 19.0 Å². The van der Waals surface area contributed by atoms with E-state index in [9.17, 15) is 0 Å². The number of hydrogen-bond acceptors (Lipinski definition) is 3. The molecule has 0 radical (unpaired) electrons. The molecule has 0 aliphatic carbocycles. The van der Waals surface area contributed by atoms with Crippen LogP contribution < -0.4 is 5.32 Å². The van der Waals surface area contributed by atoms with Gasteiger partial charge in [0.2, 0.25) is 0 Å². The average Bonchev–Trinajstić information content (AvgIpc) is 2.25. The molecule has 1 heterocycles. The molecule has 1 N–H and O–H groups in total. The molecule has 0 saturated carbocycles. The second-order valence-corrected chi connectivity index (χ2v) is 4.88. The van der Waals surface area contributed by atoms with E-state index >= 15 is 0 Å². The Morgan fingerprint density at radius 1 is 1.18 bits per heavy atom. The normalized spacial score (nSPS) is 16.8. The summed E-state index contributed by atoms with van der Waals surface area (Å²) in [6.07, 6.45) is 0. The second kappa shape index (κ2) is 11.5. The van der Waals surface area contributed by atoms with Crippen LogP contribution in [-0.2, 0) is 0 Å². The lowest BCUT2D eigenvalue weighted by atomic mass is 10.2. The summed E-state index contributed by atoms with van der Waals surface area (Å²) >= 11 is 0. The maximum Gasteiger partial charge on any atom is 0.0110 e. The summed E-state index contributed by atoms with van der Waals surface area (Å²) in [5.41, 5.74) is 0. The van der Waals surface area contributed by atoms with Gasteiger partial charge >= 0.3 is 0 Å². The van der Waals surface area contributed by atoms with Crippen molar-refractivity contribution in [3.05, 3.63) is 0 Å². The van der Waals surface area contributed by atoms with Gasteiger partial charge in [0.1, 0.15) is 0 Å². The van der Waals surface area contributed by atoms with Gasteiger partial charge in [0.25, 0.3) is 0 Å². The maximum atomic E-state index is 3.39. The quantitative estimate of drug-likeness (QED) is 0.802. The van der Waals surface area contributed by atoms with Gasteiger partial charge in [-0.25, -0.2) is 0 Å². The molecule has 1 rings (SSSR count). The molecule has 1 aliphatic heterocycles.